The van der Waals surface area contributed by atoms with Crippen LogP contribution in [0.2, 0.25) is 0 Å². The molecular weight excluding hydrogens is 354 g/mol. The number of hydrogen-bond acceptors (Lipinski definition) is 8. The van der Waals surface area contributed by atoms with Gasteiger partial charge >= 0.3 is 0 Å². The number of aryl methyl sites for hydroxylation is 1. The van der Waals surface area contributed by atoms with Crippen LogP contribution in [0.3, 0.4) is 0 Å². The van der Waals surface area contributed by atoms with E-state index in [-0.39, 0.29) is 11.4 Å². The van der Waals surface area contributed by atoms with E-state index in [1.807, 2.05) is 0 Å². The first-order valence-corrected chi connectivity index (χ1v) is 9.40. The summed E-state index contributed by atoms with van der Waals surface area (Å²) < 4.78 is 39.8. The lowest BCUT2D eigenvalue weighted by Crippen LogP contribution is -2.24. The topological polar surface area (TPSA) is 108 Å². The molecule has 1 aliphatic rings. The molecule has 0 unspecified atom stereocenters. The number of rotatable bonds is 4. The summed E-state index contributed by atoms with van der Waals surface area (Å²) in [5.41, 5.74) is 0. The van der Waals surface area contributed by atoms with Crippen molar-refractivity contribution >= 4 is 26.3 Å². The van der Waals surface area contributed by atoms with Gasteiger partial charge in [-0.1, -0.05) is 11.3 Å². The number of fused-ring (bicyclic) bond motifs is 2. The molecule has 24 heavy (non-hydrogen) atoms. The van der Waals surface area contributed by atoms with Crippen LogP contribution >= 0.6 is 11.3 Å². The molecule has 4 rings (SSSR count). The molecule has 0 aliphatic carbocycles. The molecule has 1 N–H and O–H groups in total. The van der Waals surface area contributed by atoms with Crippen molar-refractivity contribution in [2.24, 2.45) is 0 Å². The first-order chi connectivity index (χ1) is 11.5. The molecule has 0 saturated heterocycles. The number of ether oxygens (including phenoxy) is 2. The smallest absolute Gasteiger partial charge is 0.241 e. The summed E-state index contributed by atoms with van der Waals surface area (Å²) in [7, 11) is -3.69. The number of sulfonamides is 1. The van der Waals surface area contributed by atoms with Crippen molar-refractivity contribution in [3.05, 3.63) is 29.0 Å². The standard InChI is InChI=1S/C13H13N5O4S2/c1-8-15-16-13-18(8)17-12(23-13)7-14-24(19,20)9-2-3-10-11(6-9)22-5-4-21-10/h2-3,6,14H,4-5,7H2,1H3. The normalized spacial score (nSPS) is 14.2. The SMILES string of the molecule is Cc1nnc2sc(CNS(=O)(=O)c3ccc4c(c3)OCCO4)nn12. The second kappa shape index (κ2) is 5.69. The predicted octanol–water partition coefficient (Wildman–Crippen LogP) is 0.744. The van der Waals surface area contributed by atoms with Crippen LogP contribution in [0.5, 0.6) is 11.5 Å². The van der Waals surface area contributed by atoms with Crippen molar-refractivity contribution in [3.63, 3.8) is 0 Å². The van der Waals surface area contributed by atoms with Crippen molar-refractivity contribution in [1.29, 1.82) is 0 Å². The summed E-state index contributed by atoms with van der Waals surface area (Å²) in [6.45, 7) is 2.71. The van der Waals surface area contributed by atoms with E-state index >= 15 is 0 Å². The maximum atomic E-state index is 12.4. The lowest BCUT2D eigenvalue weighted by Gasteiger charge is -2.18. The van der Waals surface area contributed by atoms with Gasteiger partial charge in [0.15, 0.2) is 17.3 Å². The molecule has 9 nitrogen and oxygen atoms in total. The van der Waals surface area contributed by atoms with Gasteiger partial charge in [-0.05, 0) is 19.1 Å². The highest BCUT2D eigenvalue weighted by molar-refractivity contribution is 7.89. The summed E-state index contributed by atoms with van der Waals surface area (Å²) in [4.78, 5) is 0.743. The number of nitrogens with one attached hydrogen (secondary N) is 1. The molecule has 11 heteroatoms. The van der Waals surface area contributed by atoms with E-state index in [1.54, 1.807) is 17.5 Å². The lowest BCUT2D eigenvalue weighted by atomic mass is 10.3. The third kappa shape index (κ3) is 2.70. The van der Waals surface area contributed by atoms with E-state index in [2.05, 4.69) is 20.0 Å². The fourth-order valence-corrected chi connectivity index (χ4v) is 4.17. The summed E-state index contributed by atoms with van der Waals surface area (Å²) in [6, 6.07) is 4.54. The van der Waals surface area contributed by atoms with Crippen LogP contribution in [-0.2, 0) is 16.6 Å². The fraction of sp³-hybridized carbons (Fsp3) is 0.308. The Morgan fingerprint density at radius 2 is 2.04 bits per heavy atom. The first kappa shape index (κ1) is 15.3. The van der Waals surface area contributed by atoms with E-state index < -0.39 is 10.0 Å². The van der Waals surface area contributed by atoms with Gasteiger partial charge in [-0.25, -0.2) is 13.1 Å². The number of benzene rings is 1. The van der Waals surface area contributed by atoms with Gasteiger partial charge in [-0.15, -0.1) is 10.2 Å². The molecule has 0 amide bonds. The Morgan fingerprint density at radius 3 is 2.83 bits per heavy atom. The van der Waals surface area contributed by atoms with Crippen molar-refractivity contribution in [2.45, 2.75) is 18.4 Å². The number of aromatic nitrogens is 4. The minimum Gasteiger partial charge on any atom is -0.486 e. The predicted molar refractivity (Wildman–Crippen MR) is 84.9 cm³/mol. The quantitative estimate of drug-likeness (QED) is 0.725. The Bertz CT molecular complexity index is 1010. The Kier molecular flexibility index (Phi) is 3.62. The van der Waals surface area contributed by atoms with E-state index in [0.29, 0.717) is 40.5 Å². The van der Waals surface area contributed by atoms with Crippen LogP contribution in [0.4, 0.5) is 0 Å². The van der Waals surface area contributed by atoms with Gasteiger partial charge in [0.05, 0.1) is 11.4 Å². The molecule has 0 radical (unpaired) electrons. The molecule has 0 spiro atoms. The van der Waals surface area contributed by atoms with Crippen molar-refractivity contribution in [3.8, 4) is 11.5 Å². The third-order valence-electron chi connectivity index (χ3n) is 3.43. The molecule has 2 aromatic heterocycles. The van der Waals surface area contributed by atoms with E-state index in [9.17, 15) is 8.42 Å². The molecule has 3 heterocycles. The van der Waals surface area contributed by atoms with Gasteiger partial charge in [0, 0.05) is 6.07 Å². The van der Waals surface area contributed by atoms with Crippen molar-refractivity contribution < 1.29 is 17.9 Å². The van der Waals surface area contributed by atoms with Crippen LogP contribution in [0, 0.1) is 6.92 Å². The monoisotopic (exact) mass is 367 g/mol. The van der Waals surface area contributed by atoms with Gasteiger partial charge in [-0.3, -0.25) is 0 Å². The molecule has 1 aromatic carbocycles. The maximum Gasteiger partial charge on any atom is 0.241 e. The summed E-state index contributed by atoms with van der Waals surface area (Å²) in [5.74, 6) is 1.63. The average Bonchev–Trinajstić information content (AvgIpc) is 3.14. The van der Waals surface area contributed by atoms with Gasteiger partial charge < -0.3 is 9.47 Å². The first-order valence-electron chi connectivity index (χ1n) is 7.10. The van der Waals surface area contributed by atoms with Crippen molar-refractivity contribution in [1.82, 2.24) is 24.5 Å². The molecule has 3 aromatic rings. The molecule has 126 valence electrons. The zero-order valence-electron chi connectivity index (χ0n) is 12.6. The van der Waals surface area contributed by atoms with Gasteiger partial charge in [0.1, 0.15) is 18.2 Å². The van der Waals surface area contributed by atoms with E-state index in [1.165, 1.54) is 23.5 Å². The molecule has 0 fully saturated rings. The highest BCUT2D eigenvalue weighted by Gasteiger charge is 2.20. The zero-order chi connectivity index (χ0) is 16.7. The fourth-order valence-electron chi connectivity index (χ4n) is 2.26. The minimum absolute atomic E-state index is 0.0737. The maximum absolute atomic E-state index is 12.4. The van der Waals surface area contributed by atoms with E-state index in [4.69, 9.17) is 9.47 Å². The second-order valence-corrected chi connectivity index (χ2v) is 7.87. The Balaban J connectivity index is 1.54. The zero-order valence-corrected chi connectivity index (χ0v) is 14.2. The van der Waals surface area contributed by atoms with Crippen LogP contribution < -0.4 is 14.2 Å². The summed E-state index contributed by atoms with van der Waals surface area (Å²) in [5, 5.41) is 12.7. The Labute approximate surface area is 141 Å². The average molecular weight is 367 g/mol. The molecule has 0 saturated carbocycles. The van der Waals surface area contributed by atoms with Gasteiger partial charge in [-0.2, -0.15) is 9.61 Å². The third-order valence-corrected chi connectivity index (χ3v) is 5.72. The number of hydrogen-bond donors (Lipinski definition) is 1. The minimum atomic E-state index is -3.69. The van der Waals surface area contributed by atoms with Crippen LogP contribution in [0.1, 0.15) is 10.8 Å². The second-order valence-electron chi connectivity index (χ2n) is 5.07. The van der Waals surface area contributed by atoms with Crippen LogP contribution in [0.25, 0.3) is 4.96 Å². The highest BCUT2D eigenvalue weighted by atomic mass is 32.2. The molecule has 0 atom stereocenters. The Hall–Kier alpha value is -2.24. The van der Waals surface area contributed by atoms with Crippen molar-refractivity contribution in [2.75, 3.05) is 13.2 Å². The molecular formula is C13H13N5O4S2. The van der Waals surface area contributed by atoms with Crippen LogP contribution in [0.15, 0.2) is 23.1 Å². The van der Waals surface area contributed by atoms with Gasteiger partial charge in [0.25, 0.3) is 0 Å². The summed E-state index contributed by atoms with van der Waals surface area (Å²) >= 11 is 1.28. The van der Waals surface area contributed by atoms with E-state index in [0.717, 1.165) is 0 Å². The lowest BCUT2D eigenvalue weighted by molar-refractivity contribution is 0.171. The highest BCUT2D eigenvalue weighted by Crippen LogP contribution is 2.32. The van der Waals surface area contributed by atoms with Gasteiger partial charge in [0.2, 0.25) is 15.0 Å². The largest absolute Gasteiger partial charge is 0.486 e. The number of nitrogens with zero attached hydrogens (tertiary/aromatic N) is 4. The molecule has 1 aliphatic heterocycles. The van der Waals surface area contributed by atoms with Crippen LogP contribution in [-0.4, -0.2) is 41.4 Å². The molecule has 0 bridgehead atoms. The summed E-state index contributed by atoms with van der Waals surface area (Å²) in [6.07, 6.45) is 0. The Morgan fingerprint density at radius 1 is 1.25 bits per heavy atom.